The number of benzene rings is 1. The number of likely N-dealkylation sites (tertiary alicyclic amines) is 1. The Hall–Kier alpha value is -1.59. The molecule has 2 saturated heterocycles. The number of hydrogen-bond donors (Lipinski definition) is 0. The lowest BCUT2D eigenvalue weighted by Gasteiger charge is -2.41. The molecule has 126 valence electrons. The quantitative estimate of drug-likeness (QED) is 0.855. The van der Waals surface area contributed by atoms with Crippen LogP contribution in [0.5, 0.6) is 0 Å². The monoisotopic (exact) mass is 317 g/mol. The predicted octanol–water partition coefficient (Wildman–Crippen LogP) is 2.03. The summed E-state index contributed by atoms with van der Waals surface area (Å²) in [6, 6.07) is 10.5. The summed E-state index contributed by atoms with van der Waals surface area (Å²) in [5.41, 5.74) is 1.04. The maximum atomic E-state index is 12.2. The lowest BCUT2D eigenvalue weighted by molar-refractivity contribution is 0.0521. The van der Waals surface area contributed by atoms with Crippen molar-refractivity contribution in [2.75, 3.05) is 46.3 Å². The van der Waals surface area contributed by atoms with Crippen LogP contribution in [0.15, 0.2) is 30.3 Å². The minimum Gasteiger partial charge on any atom is -0.445 e. The van der Waals surface area contributed by atoms with Crippen molar-refractivity contribution in [3.05, 3.63) is 35.9 Å². The zero-order valence-corrected chi connectivity index (χ0v) is 14.0. The standard InChI is InChI=1S/C18H27N3O2/c1-19-11-13-20(14-12-19)17-7-9-21(10-8-17)18(22)23-15-16-5-3-2-4-6-16/h2-6,17H,7-15H2,1H3. The number of piperidine rings is 1. The number of ether oxygens (including phenoxy) is 1. The maximum Gasteiger partial charge on any atom is 0.410 e. The summed E-state index contributed by atoms with van der Waals surface area (Å²) in [7, 11) is 2.18. The molecule has 0 aromatic heterocycles. The van der Waals surface area contributed by atoms with Crippen molar-refractivity contribution in [1.29, 1.82) is 0 Å². The van der Waals surface area contributed by atoms with Crippen LogP contribution in [-0.4, -0.2) is 73.2 Å². The summed E-state index contributed by atoms with van der Waals surface area (Å²) in [4.78, 5) is 19.0. The molecule has 1 amide bonds. The average molecular weight is 317 g/mol. The maximum absolute atomic E-state index is 12.2. The van der Waals surface area contributed by atoms with Crippen LogP contribution in [0.2, 0.25) is 0 Å². The SMILES string of the molecule is CN1CCN(C2CCN(C(=O)OCc3ccccc3)CC2)CC1. The molecule has 3 rings (SSSR count). The first-order chi connectivity index (χ1) is 11.2. The third kappa shape index (κ3) is 4.45. The van der Waals surface area contributed by atoms with Gasteiger partial charge in [0.2, 0.25) is 0 Å². The van der Waals surface area contributed by atoms with Crippen LogP contribution >= 0.6 is 0 Å². The second-order valence-corrected chi connectivity index (χ2v) is 6.60. The minimum absolute atomic E-state index is 0.175. The number of piperazine rings is 1. The van der Waals surface area contributed by atoms with Crippen molar-refractivity contribution in [3.63, 3.8) is 0 Å². The molecule has 1 aromatic carbocycles. The van der Waals surface area contributed by atoms with E-state index in [1.165, 1.54) is 0 Å². The topological polar surface area (TPSA) is 36.0 Å². The van der Waals surface area contributed by atoms with Gasteiger partial charge >= 0.3 is 6.09 Å². The minimum atomic E-state index is -0.175. The van der Waals surface area contributed by atoms with Crippen molar-refractivity contribution in [2.24, 2.45) is 0 Å². The Balaban J connectivity index is 1.40. The highest BCUT2D eigenvalue weighted by Gasteiger charge is 2.28. The molecule has 0 bridgehead atoms. The Kier molecular flexibility index (Phi) is 5.51. The molecular formula is C18H27N3O2. The first kappa shape index (κ1) is 16.3. The van der Waals surface area contributed by atoms with Gasteiger partial charge in [0, 0.05) is 45.3 Å². The number of nitrogens with zero attached hydrogens (tertiary/aromatic N) is 3. The molecule has 2 aliphatic heterocycles. The molecule has 5 heteroatoms. The normalized spacial score (nSPS) is 21.3. The van der Waals surface area contributed by atoms with Gasteiger partial charge in [-0.25, -0.2) is 4.79 Å². The largest absolute Gasteiger partial charge is 0.445 e. The Bertz CT molecular complexity index is 492. The zero-order chi connectivity index (χ0) is 16.1. The first-order valence-corrected chi connectivity index (χ1v) is 8.60. The molecular weight excluding hydrogens is 290 g/mol. The van der Waals surface area contributed by atoms with E-state index >= 15 is 0 Å². The van der Waals surface area contributed by atoms with E-state index < -0.39 is 0 Å². The molecule has 1 aromatic rings. The second-order valence-electron chi connectivity index (χ2n) is 6.60. The number of carbonyl (C=O) groups is 1. The van der Waals surface area contributed by atoms with Gasteiger partial charge in [-0.1, -0.05) is 30.3 Å². The molecule has 0 unspecified atom stereocenters. The number of amides is 1. The van der Waals surface area contributed by atoms with Crippen molar-refractivity contribution in [1.82, 2.24) is 14.7 Å². The molecule has 0 radical (unpaired) electrons. The van der Waals surface area contributed by atoms with Crippen molar-refractivity contribution in [2.45, 2.75) is 25.5 Å². The third-order valence-corrected chi connectivity index (χ3v) is 4.98. The highest BCUT2D eigenvalue weighted by Crippen LogP contribution is 2.19. The van der Waals surface area contributed by atoms with Gasteiger partial charge in [0.05, 0.1) is 0 Å². The van der Waals surface area contributed by atoms with Gasteiger partial charge in [-0.3, -0.25) is 4.90 Å². The number of likely N-dealkylation sites (N-methyl/N-ethyl adjacent to an activating group) is 1. The summed E-state index contributed by atoms with van der Waals surface area (Å²) in [6.07, 6.45) is 1.94. The fraction of sp³-hybridized carbons (Fsp3) is 0.611. The fourth-order valence-corrected chi connectivity index (χ4v) is 3.41. The smallest absolute Gasteiger partial charge is 0.410 e. The Morgan fingerprint density at radius 1 is 1.04 bits per heavy atom. The van der Waals surface area contributed by atoms with E-state index in [0.29, 0.717) is 12.6 Å². The van der Waals surface area contributed by atoms with Gasteiger partial charge in [0.1, 0.15) is 6.61 Å². The second kappa shape index (κ2) is 7.79. The molecule has 0 aliphatic carbocycles. The van der Waals surface area contributed by atoms with Crippen molar-refractivity contribution >= 4 is 6.09 Å². The van der Waals surface area contributed by atoms with Gasteiger partial charge in [-0.15, -0.1) is 0 Å². The summed E-state index contributed by atoms with van der Waals surface area (Å²) in [5, 5.41) is 0. The van der Waals surface area contributed by atoms with E-state index in [4.69, 9.17) is 4.74 Å². The molecule has 2 fully saturated rings. The number of hydrogen-bond acceptors (Lipinski definition) is 4. The van der Waals surface area contributed by atoms with Crippen LogP contribution in [0.3, 0.4) is 0 Å². The average Bonchev–Trinajstić information content (AvgIpc) is 2.61. The Morgan fingerprint density at radius 3 is 2.35 bits per heavy atom. The van der Waals surface area contributed by atoms with Crippen molar-refractivity contribution < 1.29 is 9.53 Å². The van der Waals surface area contributed by atoms with Crippen LogP contribution in [-0.2, 0) is 11.3 Å². The summed E-state index contributed by atoms with van der Waals surface area (Å²) in [6.45, 7) is 6.59. The summed E-state index contributed by atoms with van der Waals surface area (Å²) >= 11 is 0. The van der Waals surface area contributed by atoms with Crippen LogP contribution < -0.4 is 0 Å². The van der Waals surface area contributed by atoms with E-state index in [2.05, 4.69) is 16.8 Å². The van der Waals surface area contributed by atoms with E-state index in [0.717, 1.165) is 57.7 Å². The van der Waals surface area contributed by atoms with Crippen LogP contribution in [0.25, 0.3) is 0 Å². The summed E-state index contributed by atoms with van der Waals surface area (Å²) in [5.74, 6) is 0. The zero-order valence-electron chi connectivity index (χ0n) is 14.0. The van der Waals surface area contributed by atoms with E-state index in [-0.39, 0.29) is 6.09 Å². The van der Waals surface area contributed by atoms with Gasteiger partial charge in [-0.05, 0) is 25.5 Å². The fourth-order valence-electron chi connectivity index (χ4n) is 3.41. The molecule has 0 spiro atoms. The molecule has 0 N–H and O–H groups in total. The molecule has 23 heavy (non-hydrogen) atoms. The third-order valence-electron chi connectivity index (χ3n) is 4.98. The van der Waals surface area contributed by atoms with Gasteiger partial charge in [0.25, 0.3) is 0 Å². The molecule has 2 heterocycles. The van der Waals surface area contributed by atoms with Crippen LogP contribution in [0.1, 0.15) is 18.4 Å². The van der Waals surface area contributed by atoms with Crippen molar-refractivity contribution in [3.8, 4) is 0 Å². The van der Waals surface area contributed by atoms with E-state index in [9.17, 15) is 4.79 Å². The lowest BCUT2D eigenvalue weighted by Crippen LogP contribution is -2.53. The van der Waals surface area contributed by atoms with Gasteiger partial charge < -0.3 is 14.5 Å². The molecule has 0 atom stereocenters. The predicted molar refractivity (Wildman–Crippen MR) is 90.3 cm³/mol. The number of rotatable bonds is 3. The molecule has 2 aliphatic rings. The van der Waals surface area contributed by atoms with E-state index in [1.54, 1.807) is 0 Å². The van der Waals surface area contributed by atoms with Gasteiger partial charge in [0.15, 0.2) is 0 Å². The van der Waals surface area contributed by atoms with Crippen LogP contribution in [0, 0.1) is 0 Å². The summed E-state index contributed by atoms with van der Waals surface area (Å²) < 4.78 is 5.43. The van der Waals surface area contributed by atoms with Crippen LogP contribution in [0.4, 0.5) is 4.79 Å². The molecule has 0 saturated carbocycles. The van der Waals surface area contributed by atoms with Gasteiger partial charge in [-0.2, -0.15) is 0 Å². The van der Waals surface area contributed by atoms with E-state index in [1.807, 2.05) is 35.2 Å². The lowest BCUT2D eigenvalue weighted by atomic mass is 10.0. The Labute approximate surface area is 138 Å². The molecule has 5 nitrogen and oxygen atoms in total. The first-order valence-electron chi connectivity index (χ1n) is 8.60. The highest BCUT2D eigenvalue weighted by molar-refractivity contribution is 5.67. The number of carbonyl (C=O) groups excluding carboxylic acids is 1. The Morgan fingerprint density at radius 2 is 1.70 bits per heavy atom. The highest BCUT2D eigenvalue weighted by atomic mass is 16.6.